The molecule has 1 aliphatic rings. The van der Waals surface area contributed by atoms with Crippen LogP contribution in [0.15, 0.2) is 0 Å². The molecule has 0 atom stereocenters. The minimum absolute atomic E-state index is 0.871. The Kier molecular flexibility index (Phi) is 1.10. The lowest BCUT2D eigenvalue weighted by Crippen LogP contribution is -1.96. The molecular weight excluding hydrogens is 177 g/mol. The van der Waals surface area contributed by atoms with Crippen molar-refractivity contribution in [2.45, 2.75) is 18.9 Å². The lowest BCUT2D eigenvalue weighted by molar-refractivity contribution is 1.01. The molecule has 1 fully saturated rings. The average Bonchev–Trinajstić information content (AvgIpc) is 2.12. The SMILES string of the molecule is INC1CC1. The highest BCUT2D eigenvalue weighted by atomic mass is 127. The van der Waals surface area contributed by atoms with Gasteiger partial charge in [-0.2, -0.15) is 0 Å². The molecule has 0 saturated heterocycles. The normalized spacial score (nSPS) is 23.4. The van der Waals surface area contributed by atoms with Crippen molar-refractivity contribution >= 4 is 22.9 Å². The van der Waals surface area contributed by atoms with Gasteiger partial charge in [0.1, 0.15) is 0 Å². The molecule has 0 aliphatic heterocycles. The minimum Gasteiger partial charge on any atom is -0.258 e. The van der Waals surface area contributed by atoms with E-state index in [1.54, 1.807) is 0 Å². The number of halogens is 1. The van der Waals surface area contributed by atoms with E-state index in [1.165, 1.54) is 12.8 Å². The van der Waals surface area contributed by atoms with Gasteiger partial charge in [-0.3, -0.25) is 3.53 Å². The van der Waals surface area contributed by atoms with Crippen molar-refractivity contribution in [1.29, 1.82) is 0 Å². The quantitative estimate of drug-likeness (QED) is 0.473. The first-order chi connectivity index (χ1) is 2.43. The topological polar surface area (TPSA) is 12.0 Å². The first-order valence-electron chi connectivity index (χ1n) is 1.79. The summed E-state index contributed by atoms with van der Waals surface area (Å²) in [6.45, 7) is 0. The second kappa shape index (κ2) is 1.43. The molecule has 1 aliphatic carbocycles. The summed E-state index contributed by atoms with van der Waals surface area (Å²) in [5, 5.41) is 0. The van der Waals surface area contributed by atoms with Crippen LogP contribution in [0.4, 0.5) is 0 Å². The maximum absolute atomic E-state index is 3.11. The molecule has 0 aromatic rings. The van der Waals surface area contributed by atoms with Crippen LogP contribution in [-0.4, -0.2) is 6.04 Å². The Morgan fingerprint density at radius 1 is 1.60 bits per heavy atom. The second-order valence-corrected chi connectivity index (χ2v) is 2.01. The zero-order chi connectivity index (χ0) is 3.70. The molecule has 1 saturated carbocycles. The maximum atomic E-state index is 3.11. The van der Waals surface area contributed by atoms with Gasteiger partial charge in [0.05, 0.1) is 0 Å². The molecule has 2 heteroatoms. The lowest BCUT2D eigenvalue weighted by atomic mass is 10.8. The van der Waals surface area contributed by atoms with E-state index >= 15 is 0 Å². The zero-order valence-corrected chi connectivity index (χ0v) is 5.03. The molecule has 0 aromatic heterocycles. The Labute approximate surface area is 45.6 Å². The van der Waals surface area contributed by atoms with Gasteiger partial charge in [0.25, 0.3) is 0 Å². The van der Waals surface area contributed by atoms with E-state index in [9.17, 15) is 0 Å². The van der Waals surface area contributed by atoms with Gasteiger partial charge in [-0.1, -0.05) is 0 Å². The molecule has 1 nitrogen and oxygen atoms in total. The van der Waals surface area contributed by atoms with Crippen molar-refractivity contribution in [3.05, 3.63) is 0 Å². The summed E-state index contributed by atoms with van der Waals surface area (Å²) < 4.78 is 3.11. The summed E-state index contributed by atoms with van der Waals surface area (Å²) >= 11 is 2.19. The molecule has 1 rings (SSSR count). The number of hydrogen-bond donors (Lipinski definition) is 1. The monoisotopic (exact) mass is 183 g/mol. The van der Waals surface area contributed by atoms with Crippen LogP contribution in [-0.2, 0) is 0 Å². The van der Waals surface area contributed by atoms with Crippen molar-refractivity contribution in [3.63, 3.8) is 0 Å². The van der Waals surface area contributed by atoms with E-state index in [2.05, 4.69) is 26.4 Å². The van der Waals surface area contributed by atoms with E-state index in [4.69, 9.17) is 0 Å². The average molecular weight is 183 g/mol. The van der Waals surface area contributed by atoms with Crippen LogP contribution in [0.25, 0.3) is 0 Å². The molecule has 0 amide bonds. The van der Waals surface area contributed by atoms with E-state index < -0.39 is 0 Å². The van der Waals surface area contributed by atoms with E-state index in [0.29, 0.717) is 0 Å². The molecule has 0 bridgehead atoms. The van der Waals surface area contributed by atoms with Crippen LogP contribution >= 0.6 is 22.9 Å². The van der Waals surface area contributed by atoms with Crippen LogP contribution in [0.5, 0.6) is 0 Å². The molecular formula is C3H6IN. The van der Waals surface area contributed by atoms with Gasteiger partial charge < -0.3 is 0 Å². The Morgan fingerprint density at radius 3 is 2.20 bits per heavy atom. The third-order valence-electron chi connectivity index (χ3n) is 0.732. The van der Waals surface area contributed by atoms with Crippen molar-refractivity contribution < 1.29 is 0 Å². The molecule has 5 heavy (non-hydrogen) atoms. The Hall–Kier alpha value is 0.690. The summed E-state index contributed by atoms with van der Waals surface area (Å²) in [5.41, 5.74) is 0. The fourth-order valence-electron chi connectivity index (χ4n) is 0.192. The van der Waals surface area contributed by atoms with Gasteiger partial charge in [-0.15, -0.1) is 0 Å². The zero-order valence-electron chi connectivity index (χ0n) is 2.87. The summed E-state index contributed by atoms with van der Waals surface area (Å²) in [7, 11) is 0. The van der Waals surface area contributed by atoms with Gasteiger partial charge in [-0.05, 0) is 12.8 Å². The van der Waals surface area contributed by atoms with Crippen molar-refractivity contribution in [2.24, 2.45) is 0 Å². The van der Waals surface area contributed by atoms with Gasteiger partial charge >= 0.3 is 0 Å². The Morgan fingerprint density at radius 2 is 2.20 bits per heavy atom. The summed E-state index contributed by atoms with van der Waals surface area (Å²) in [5.74, 6) is 0. The number of rotatable bonds is 1. The second-order valence-electron chi connectivity index (χ2n) is 1.38. The number of nitrogens with one attached hydrogen (secondary N) is 1. The van der Waals surface area contributed by atoms with Crippen molar-refractivity contribution in [2.75, 3.05) is 0 Å². The smallest absolute Gasteiger partial charge is 0.0172 e. The van der Waals surface area contributed by atoms with Crippen LogP contribution < -0.4 is 3.53 Å². The minimum atomic E-state index is 0.871. The van der Waals surface area contributed by atoms with Crippen LogP contribution in [0.2, 0.25) is 0 Å². The third kappa shape index (κ3) is 1.05. The third-order valence-corrected chi connectivity index (χ3v) is 1.61. The van der Waals surface area contributed by atoms with Crippen molar-refractivity contribution in [1.82, 2.24) is 3.53 Å². The first-order valence-corrected chi connectivity index (χ1v) is 2.87. The van der Waals surface area contributed by atoms with E-state index in [-0.39, 0.29) is 0 Å². The molecule has 0 radical (unpaired) electrons. The molecule has 0 unspecified atom stereocenters. The van der Waals surface area contributed by atoms with Gasteiger partial charge in [0.15, 0.2) is 0 Å². The van der Waals surface area contributed by atoms with Crippen LogP contribution in [0.1, 0.15) is 12.8 Å². The first kappa shape index (κ1) is 3.87. The van der Waals surface area contributed by atoms with E-state index in [1.807, 2.05) is 0 Å². The van der Waals surface area contributed by atoms with Crippen molar-refractivity contribution in [3.8, 4) is 0 Å². The maximum Gasteiger partial charge on any atom is 0.0172 e. The van der Waals surface area contributed by atoms with E-state index in [0.717, 1.165) is 6.04 Å². The van der Waals surface area contributed by atoms with Crippen LogP contribution in [0, 0.1) is 0 Å². The molecule has 0 spiro atoms. The summed E-state index contributed by atoms with van der Waals surface area (Å²) in [4.78, 5) is 0. The van der Waals surface area contributed by atoms with Gasteiger partial charge in [0.2, 0.25) is 0 Å². The molecule has 1 N–H and O–H groups in total. The highest BCUT2D eigenvalue weighted by molar-refractivity contribution is 14.1. The highest BCUT2D eigenvalue weighted by Gasteiger charge is 2.18. The predicted octanol–water partition coefficient (Wildman–Crippen LogP) is 1.09. The molecule has 0 aromatic carbocycles. The summed E-state index contributed by atoms with van der Waals surface area (Å²) in [6, 6.07) is 0.871. The van der Waals surface area contributed by atoms with Crippen LogP contribution in [0.3, 0.4) is 0 Å². The predicted molar refractivity (Wildman–Crippen MR) is 30.2 cm³/mol. The standard InChI is InChI=1S/C3H6IN/c4-5-3-1-2-3/h3,5H,1-2H2. The lowest BCUT2D eigenvalue weighted by Gasteiger charge is -1.77. The highest BCUT2D eigenvalue weighted by Crippen LogP contribution is 2.19. The number of hydrogen-bond acceptors (Lipinski definition) is 1. The van der Waals surface area contributed by atoms with Gasteiger partial charge in [-0.25, -0.2) is 0 Å². The van der Waals surface area contributed by atoms with Gasteiger partial charge in [0, 0.05) is 28.9 Å². The summed E-state index contributed by atoms with van der Waals surface area (Å²) in [6.07, 6.45) is 2.78. The molecule has 0 heterocycles. The largest absolute Gasteiger partial charge is 0.258 e. The fraction of sp³-hybridized carbons (Fsp3) is 1.00. The fourth-order valence-corrected chi connectivity index (χ4v) is 0.815. The Balaban J connectivity index is 2.00. The molecule has 30 valence electrons. The Bertz CT molecular complexity index is 33.9.